The van der Waals surface area contributed by atoms with Crippen molar-refractivity contribution in [2.24, 2.45) is 5.73 Å². The van der Waals surface area contributed by atoms with Crippen molar-refractivity contribution in [2.45, 2.75) is 18.6 Å². The standard InChI is InChI=1S/C24H24ClF4N7/c25-18-12-15(3-4-19(18)26)20-13-21(33-23(32-20)36-7-5-16(30)14-36)34-8-10-35(11-9-34)22-17(24(27,28)29)2-1-6-31-22/h1-4,6,12-13,16H,5,7-11,14,30H2. The number of anilines is 3. The van der Waals surface area contributed by atoms with E-state index in [0.717, 1.165) is 12.5 Å². The summed E-state index contributed by atoms with van der Waals surface area (Å²) in [4.78, 5) is 19.1. The normalized spacial score (nSPS) is 18.7. The van der Waals surface area contributed by atoms with Gasteiger partial charge >= 0.3 is 6.18 Å². The number of hydrogen-bond donors (Lipinski definition) is 1. The van der Waals surface area contributed by atoms with E-state index in [1.807, 2.05) is 9.80 Å². The van der Waals surface area contributed by atoms with E-state index < -0.39 is 17.6 Å². The Balaban J connectivity index is 1.43. The van der Waals surface area contributed by atoms with Gasteiger partial charge in [0.25, 0.3) is 0 Å². The highest BCUT2D eigenvalue weighted by Crippen LogP contribution is 2.36. The molecular weight excluding hydrogens is 498 g/mol. The zero-order chi connectivity index (χ0) is 25.4. The zero-order valence-corrected chi connectivity index (χ0v) is 20.0. The lowest BCUT2D eigenvalue weighted by Gasteiger charge is -2.37. The average Bonchev–Trinajstić information content (AvgIpc) is 3.31. The second kappa shape index (κ2) is 9.70. The molecule has 5 rings (SSSR count). The molecule has 2 fully saturated rings. The Morgan fingerprint density at radius 2 is 1.69 bits per heavy atom. The third kappa shape index (κ3) is 5.03. The number of benzene rings is 1. The van der Waals surface area contributed by atoms with Crippen LogP contribution in [0.15, 0.2) is 42.6 Å². The zero-order valence-electron chi connectivity index (χ0n) is 19.2. The average molecular weight is 522 g/mol. The van der Waals surface area contributed by atoms with E-state index in [0.29, 0.717) is 62.3 Å². The summed E-state index contributed by atoms with van der Waals surface area (Å²) in [5.41, 5.74) is 6.55. The highest BCUT2D eigenvalue weighted by molar-refractivity contribution is 6.31. The second-order valence-electron chi connectivity index (χ2n) is 8.88. The molecule has 0 radical (unpaired) electrons. The van der Waals surface area contributed by atoms with Crippen LogP contribution in [0.4, 0.5) is 35.1 Å². The maximum Gasteiger partial charge on any atom is 0.419 e. The summed E-state index contributed by atoms with van der Waals surface area (Å²) in [6, 6.07) is 8.55. The first-order chi connectivity index (χ1) is 17.2. The molecule has 2 aliphatic rings. The van der Waals surface area contributed by atoms with Crippen molar-refractivity contribution in [3.8, 4) is 11.3 Å². The fraction of sp³-hybridized carbons (Fsp3) is 0.375. The van der Waals surface area contributed by atoms with Gasteiger partial charge in [0.2, 0.25) is 5.95 Å². The third-order valence-corrected chi connectivity index (χ3v) is 6.71. The minimum absolute atomic E-state index is 0.0122. The molecule has 1 unspecified atom stereocenters. The van der Waals surface area contributed by atoms with Gasteiger partial charge in [0.15, 0.2) is 0 Å². The van der Waals surface area contributed by atoms with Crippen LogP contribution in [-0.4, -0.2) is 60.3 Å². The number of halogens is 5. The number of nitrogens with zero attached hydrogens (tertiary/aromatic N) is 6. The quantitative estimate of drug-likeness (QED) is 0.515. The second-order valence-corrected chi connectivity index (χ2v) is 9.29. The summed E-state index contributed by atoms with van der Waals surface area (Å²) in [5.74, 6) is 0.542. The van der Waals surface area contributed by atoms with Crippen LogP contribution in [0.5, 0.6) is 0 Å². The van der Waals surface area contributed by atoms with Crippen LogP contribution < -0.4 is 20.4 Å². The summed E-state index contributed by atoms with van der Waals surface area (Å²) in [7, 11) is 0. The summed E-state index contributed by atoms with van der Waals surface area (Å²) in [6.07, 6.45) is -2.30. The minimum Gasteiger partial charge on any atom is -0.353 e. The lowest BCUT2D eigenvalue weighted by molar-refractivity contribution is -0.137. The Hall–Kier alpha value is -3.18. The number of piperazine rings is 1. The molecule has 36 heavy (non-hydrogen) atoms. The van der Waals surface area contributed by atoms with Crippen LogP contribution in [0, 0.1) is 5.82 Å². The van der Waals surface area contributed by atoms with E-state index in [1.165, 1.54) is 24.4 Å². The molecule has 0 saturated carbocycles. The minimum atomic E-state index is -4.48. The van der Waals surface area contributed by atoms with Crippen LogP contribution in [0.2, 0.25) is 5.02 Å². The van der Waals surface area contributed by atoms with Crippen LogP contribution in [0.1, 0.15) is 12.0 Å². The van der Waals surface area contributed by atoms with Crippen LogP contribution in [0.3, 0.4) is 0 Å². The van der Waals surface area contributed by atoms with Gasteiger partial charge in [0.05, 0.1) is 16.3 Å². The van der Waals surface area contributed by atoms with Crippen molar-refractivity contribution in [3.05, 3.63) is 59.0 Å². The molecule has 7 nitrogen and oxygen atoms in total. The van der Waals surface area contributed by atoms with E-state index in [1.54, 1.807) is 17.0 Å². The molecule has 0 aliphatic carbocycles. The molecule has 3 aromatic rings. The molecule has 1 aromatic carbocycles. The molecule has 4 heterocycles. The molecule has 2 N–H and O–H groups in total. The molecule has 0 bridgehead atoms. The highest BCUT2D eigenvalue weighted by atomic mass is 35.5. The lowest BCUT2D eigenvalue weighted by atomic mass is 10.1. The Bertz CT molecular complexity index is 1250. The van der Waals surface area contributed by atoms with Gasteiger partial charge in [-0.1, -0.05) is 11.6 Å². The van der Waals surface area contributed by atoms with E-state index in [-0.39, 0.29) is 16.9 Å². The molecule has 2 aromatic heterocycles. The fourth-order valence-corrected chi connectivity index (χ4v) is 4.70. The SMILES string of the molecule is NC1CCN(c2nc(-c3ccc(F)c(Cl)c3)cc(N3CCN(c4ncccc4C(F)(F)F)CC3)n2)C1. The number of pyridine rings is 1. The van der Waals surface area contributed by atoms with Gasteiger partial charge in [-0.3, -0.25) is 0 Å². The summed E-state index contributed by atoms with van der Waals surface area (Å²) in [6.45, 7) is 2.88. The molecule has 12 heteroatoms. The van der Waals surface area contributed by atoms with Gasteiger partial charge in [0, 0.05) is 63.1 Å². The first-order valence-corrected chi connectivity index (χ1v) is 11.9. The first kappa shape index (κ1) is 24.5. The van der Waals surface area contributed by atoms with Crippen molar-refractivity contribution in [1.82, 2.24) is 15.0 Å². The smallest absolute Gasteiger partial charge is 0.353 e. The molecular formula is C24H24ClF4N7. The molecule has 1 atom stereocenters. The monoisotopic (exact) mass is 521 g/mol. The number of nitrogens with two attached hydrogens (primary N) is 1. The van der Waals surface area contributed by atoms with Crippen molar-refractivity contribution in [2.75, 3.05) is 54.0 Å². The highest BCUT2D eigenvalue weighted by Gasteiger charge is 2.36. The number of alkyl halides is 3. The lowest BCUT2D eigenvalue weighted by Crippen LogP contribution is -2.47. The third-order valence-electron chi connectivity index (χ3n) is 6.42. The predicted molar refractivity (Wildman–Crippen MR) is 131 cm³/mol. The number of aromatic nitrogens is 3. The number of rotatable bonds is 4. The van der Waals surface area contributed by atoms with Crippen LogP contribution >= 0.6 is 11.6 Å². The van der Waals surface area contributed by atoms with Gasteiger partial charge in [-0.25, -0.2) is 14.4 Å². The fourth-order valence-electron chi connectivity index (χ4n) is 4.52. The van der Waals surface area contributed by atoms with Gasteiger partial charge in [0.1, 0.15) is 17.5 Å². The summed E-state index contributed by atoms with van der Waals surface area (Å²) < 4.78 is 54.2. The van der Waals surface area contributed by atoms with E-state index in [4.69, 9.17) is 27.3 Å². The van der Waals surface area contributed by atoms with E-state index in [2.05, 4.69) is 4.98 Å². The van der Waals surface area contributed by atoms with E-state index >= 15 is 0 Å². The molecule has 2 saturated heterocycles. The maximum absolute atomic E-state index is 13.8. The molecule has 0 spiro atoms. The topological polar surface area (TPSA) is 74.4 Å². The Kier molecular flexibility index (Phi) is 6.60. The van der Waals surface area contributed by atoms with Crippen molar-refractivity contribution < 1.29 is 17.6 Å². The largest absolute Gasteiger partial charge is 0.419 e. The van der Waals surface area contributed by atoms with Gasteiger partial charge in [-0.2, -0.15) is 18.2 Å². The van der Waals surface area contributed by atoms with Gasteiger partial charge in [-0.15, -0.1) is 0 Å². The first-order valence-electron chi connectivity index (χ1n) is 11.6. The Labute approximate surface area is 210 Å². The Morgan fingerprint density at radius 3 is 2.36 bits per heavy atom. The maximum atomic E-state index is 13.8. The predicted octanol–water partition coefficient (Wildman–Crippen LogP) is 4.21. The Morgan fingerprint density at radius 1 is 0.944 bits per heavy atom. The van der Waals surface area contributed by atoms with Crippen molar-refractivity contribution >= 4 is 29.2 Å². The summed E-state index contributed by atoms with van der Waals surface area (Å²) >= 11 is 6.01. The van der Waals surface area contributed by atoms with Crippen LogP contribution in [0.25, 0.3) is 11.3 Å². The summed E-state index contributed by atoms with van der Waals surface area (Å²) in [5, 5.41) is -0.0122. The van der Waals surface area contributed by atoms with E-state index in [9.17, 15) is 17.6 Å². The number of hydrogen-bond acceptors (Lipinski definition) is 7. The molecule has 2 aliphatic heterocycles. The van der Waals surface area contributed by atoms with Gasteiger partial charge < -0.3 is 20.4 Å². The van der Waals surface area contributed by atoms with Gasteiger partial charge in [-0.05, 0) is 36.8 Å². The van der Waals surface area contributed by atoms with Crippen LogP contribution in [-0.2, 0) is 6.18 Å². The molecule has 190 valence electrons. The van der Waals surface area contributed by atoms with Crippen molar-refractivity contribution in [3.63, 3.8) is 0 Å². The molecule has 0 amide bonds. The van der Waals surface area contributed by atoms with Crippen molar-refractivity contribution in [1.29, 1.82) is 0 Å².